The van der Waals surface area contributed by atoms with E-state index in [4.69, 9.17) is 18.6 Å². The normalized spacial score (nSPS) is 13.2. The fraction of sp³-hybridized carbons (Fsp3) is 0. The molecule has 0 unspecified atom stereocenters. The molecular formula is C18H12BrClO5S2. The van der Waals surface area contributed by atoms with E-state index in [2.05, 4.69) is 64.5 Å². The summed E-state index contributed by atoms with van der Waals surface area (Å²) >= 11 is 5.28. The molecule has 1 aliphatic rings. The van der Waals surface area contributed by atoms with Crippen molar-refractivity contribution in [2.24, 2.45) is 0 Å². The minimum absolute atomic E-state index is 0.138. The van der Waals surface area contributed by atoms with Crippen LogP contribution in [0.3, 0.4) is 0 Å². The Kier molecular flexibility index (Phi) is 6.39. The van der Waals surface area contributed by atoms with Gasteiger partial charge in [0.2, 0.25) is 0 Å². The average Bonchev–Trinajstić information content (AvgIpc) is 2.61. The summed E-state index contributed by atoms with van der Waals surface area (Å²) in [4.78, 5) is 6.54. The lowest BCUT2D eigenvalue weighted by atomic mass is 10.3. The van der Waals surface area contributed by atoms with Crippen LogP contribution in [-0.2, 0) is 10.9 Å². The number of aromatic hydroxyl groups is 1. The third-order valence-electron chi connectivity index (χ3n) is 3.51. The molecule has 3 aromatic carbocycles. The van der Waals surface area contributed by atoms with E-state index in [1.807, 2.05) is 23.9 Å². The van der Waals surface area contributed by atoms with Gasteiger partial charge in [0.1, 0.15) is 16.6 Å². The molecule has 0 saturated carbocycles. The summed E-state index contributed by atoms with van der Waals surface area (Å²) in [6, 6.07) is 23.0. The summed E-state index contributed by atoms with van der Waals surface area (Å²) in [7, 11) is -5.08. The molecule has 0 fully saturated rings. The maximum atomic E-state index is 9.78. The molecule has 0 saturated heterocycles. The second kappa shape index (κ2) is 8.42. The molecule has 1 N–H and O–H groups in total. The van der Waals surface area contributed by atoms with Crippen molar-refractivity contribution in [2.75, 3.05) is 0 Å². The Labute approximate surface area is 173 Å². The van der Waals surface area contributed by atoms with Crippen molar-refractivity contribution >= 4 is 38.6 Å². The molecule has 5 nitrogen and oxygen atoms in total. The maximum absolute atomic E-state index is 9.78. The molecular weight excluding hydrogens is 476 g/mol. The number of hydrogen-bond donors (Lipinski definition) is 1. The van der Waals surface area contributed by atoms with Crippen LogP contribution >= 0.6 is 27.7 Å². The van der Waals surface area contributed by atoms with Gasteiger partial charge in [0, 0.05) is 6.07 Å². The smallest absolute Gasteiger partial charge is 0.180 e. The van der Waals surface area contributed by atoms with Crippen molar-refractivity contribution in [3.63, 3.8) is 0 Å². The highest BCUT2D eigenvalue weighted by molar-refractivity contribution is 9.10. The zero-order valence-electron chi connectivity index (χ0n) is 13.5. The monoisotopic (exact) mass is 486 g/mol. The van der Waals surface area contributed by atoms with E-state index >= 15 is 0 Å². The number of phenolic OH excluding ortho intramolecular Hbond substituents is 1. The van der Waals surface area contributed by atoms with Gasteiger partial charge in [0.05, 0.1) is 14.3 Å². The number of fused-ring (bicyclic) bond motifs is 2. The Morgan fingerprint density at radius 2 is 1.30 bits per heavy atom. The molecule has 27 heavy (non-hydrogen) atoms. The highest BCUT2D eigenvalue weighted by Crippen LogP contribution is 2.48. The van der Waals surface area contributed by atoms with E-state index in [1.165, 1.54) is 24.5 Å². The number of halogens is 2. The highest BCUT2D eigenvalue weighted by Gasteiger charge is 2.37. The standard InChI is InChI=1S/C18H11BrOS2.ClHO4/c19-13-11-12(9-10-14(13)20)22-17-7-3-1-5-15(17)21-16-6-2-4-8-18(16)22;2-1(3,4)5/h1-11H;(H,2,3,4,5). The van der Waals surface area contributed by atoms with E-state index in [-0.39, 0.29) is 16.6 Å². The summed E-state index contributed by atoms with van der Waals surface area (Å²) in [6.07, 6.45) is 0. The van der Waals surface area contributed by atoms with Gasteiger partial charge in [-0.15, -0.1) is 10.2 Å². The molecule has 0 spiro atoms. The van der Waals surface area contributed by atoms with Crippen molar-refractivity contribution in [3.05, 3.63) is 71.2 Å². The van der Waals surface area contributed by atoms with Crippen LogP contribution in [0.5, 0.6) is 5.75 Å². The predicted molar refractivity (Wildman–Crippen MR) is 95.0 cm³/mol. The van der Waals surface area contributed by atoms with Crippen molar-refractivity contribution in [3.8, 4) is 5.75 Å². The second-order valence-corrected chi connectivity index (χ2v) is 9.95. The molecule has 3 aromatic rings. The van der Waals surface area contributed by atoms with Crippen LogP contribution in [0.1, 0.15) is 0 Å². The lowest BCUT2D eigenvalue weighted by Gasteiger charge is -2.18. The van der Waals surface area contributed by atoms with Gasteiger partial charge in [0.15, 0.2) is 14.7 Å². The number of phenols is 1. The van der Waals surface area contributed by atoms with Crippen molar-refractivity contribution in [1.29, 1.82) is 0 Å². The van der Waals surface area contributed by atoms with Crippen molar-refractivity contribution in [1.82, 2.24) is 0 Å². The minimum atomic E-state index is -4.94. The van der Waals surface area contributed by atoms with Crippen LogP contribution < -0.4 is 18.6 Å². The van der Waals surface area contributed by atoms with E-state index in [0.717, 1.165) is 4.47 Å². The lowest BCUT2D eigenvalue weighted by molar-refractivity contribution is -2.00. The molecule has 0 aromatic heterocycles. The Hall–Kier alpha value is -1.23. The second-order valence-electron chi connectivity index (χ2n) is 5.29. The maximum Gasteiger partial charge on any atom is 0.180 e. The third kappa shape index (κ3) is 5.18. The van der Waals surface area contributed by atoms with E-state index in [1.54, 1.807) is 6.07 Å². The van der Waals surface area contributed by atoms with Gasteiger partial charge in [-0.05, 0) is 52.3 Å². The molecule has 1 aliphatic heterocycles. The topological polar surface area (TPSA) is 112 Å². The minimum Gasteiger partial charge on any atom is -0.507 e. The zero-order valence-corrected chi connectivity index (χ0v) is 17.5. The van der Waals surface area contributed by atoms with Crippen molar-refractivity contribution < 1.29 is 34.0 Å². The van der Waals surface area contributed by atoms with Gasteiger partial charge in [-0.25, -0.2) is 18.6 Å². The number of rotatable bonds is 1. The van der Waals surface area contributed by atoms with E-state index in [0.29, 0.717) is 0 Å². The number of hydrogen-bond acceptors (Lipinski definition) is 6. The fourth-order valence-electron chi connectivity index (χ4n) is 2.51. The molecule has 0 radical (unpaired) electrons. The van der Waals surface area contributed by atoms with Gasteiger partial charge in [-0.1, -0.05) is 36.0 Å². The van der Waals surface area contributed by atoms with Crippen LogP contribution in [-0.4, -0.2) is 5.11 Å². The van der Waals surface area contributed by atoms with Gasteiger partial charge >= 0.3 is 0 Å². The van der Waals surface area contributed by atoms with Crippen LogP contribution in [0.4, 0.5) is 0 Å². The molecule has 140 valence electrons. The number of benzene rings is 3. The molecule has 1 heterocycles. The largest absolute Gasteiger partial charge is 0.507 e. The molecule has 0 atom stereocenters. The Morgan fingerprint density at radius 3 is 1.78 bits per heavy atom. The zero-order chi connectivity index (χ0) is 19.6. The Balaban J connectivity index is 0.000000376. The highest BCUT2D eigenvalue weighted by atomic mass is 79.9. The van der Waals surface area contributed by atoms with E-state index < -0.39 is 10.2 Å². The lowest BCUT2D eigenvalue weighted by Crippen LogP contribution is -2.68. The Bertz CT molecular complexity index is 913. The van der Waals surface area contributed by atoms with Gasteiger partial charge in [-0.2, -0.15) is 0 Å². The summed E-state index contributed by atoms with van der Waals surface area (Å²) in [6.45, 7) is 0. The van der Waals surface area contributed by atoms with Crippen LogP contribution in [0, 0.1) is 10.2 Å². The molecule has 0 bridgehead atoms. The van der Waals surface area contributed by atoms with Gasteiger partial charge in [0.25, 0.3) is 0 Å². The van der Waals surface area contributed by atoms with Crippen molar-refractivity contribution in [2.45, 2.75) is 24.5 Å². The summed E-state index contributed by atoms with van der Waals surface area (Å²) in [5.41, 5.74) is 0. The summed E-state index contributed by atoms with van der Waals surface area (Å²) in [5, 5.41) is 9.78. The van der Waals surface area contributed by atoms with Crippen LogP contribution in [0.25, 0.3) is 0 Å². The first kappa shape index (κ1) is 20.5. The van der Waals surface area contributed by atoms with Gasteiger partial charge < -0.3 is 5.11 Å². The van der Waals surface area contributed by atoms with Gasteiger partial charge in [-0.3, -0.25) is 0 Å². The Morgan fingerprint density at radius 1 is 0.815 bits per heavy atom. The average molecular weight is 488 g/mol. The molecule has 0 amide bonds. The first-order valence-corrected chi connectivity index (χ1v) is 11.5. The predicted octanol–water partition coefficient (Wildman–Crippen LogP) is 0.959. The quantitative estimate of drug-likeness (QED) is 0.400. The SMILES string of the molecule is Oc1ccc([S+]2c3ccccc3Sc3ccccc32)cc1Br.[O-][Cl+3]([O-])([O-])[O-]. The molecule has 9 heteroatoms. The first-order valence-electron chi connectivity index (χ1n) is 7.44. The molecule has 0 aliphatic carbocycles. The van der Waals surface area contributed by atoms with Crippen LogP contribution in [0.2, 0.25) is 0 Å². The third-order valence-corrected chi connectivity index (χ3v) is 7.88. The van der Waals surface area contributed by atoms with Crippen LogP contribution in [0.15, 0.2) is 95.7 Å². The first-order chi connectivity index (χ1) is 12.7. The van der Waals surface area contributed by atoms with E-state index in [9.17, 15) is 5.11 Å². The molecule has 4 rings (SSSR count). The fourth-order valence-corrected chi connectivity index (χ4v) is 6.81. The summed E-state index contributed by atoms with van der Waals surface area (Å²) in [5.74, 6) is 0.278. The summed E-state index contributed by atoms with van der Waals surface area (Å²) < 4.78 is 34.7.